The quantitative estimate of drug-likeness (QED) is 0.386. The Balaban J connectivity index is 1.37. The van der Waals surface area contributed by atoms with E-state index in [0.717, 1.165) is 10.4 Å². The van der Waals surface area contributed by atoms with E-state index >= 15 is 0 Å². The number of hydrogen-bond acceptors (Lipinski definition) is 7. The predicted octanol–water partition coefficient (Wildman–Crippen LogP) is 3.44. The monoisotopic (exact) mass is 464 g/mol. The summed E-state index contributed by atoms with van der Waals surface area (Å²) in [5.74, 6) is -0.920. The number of rotatable bonds is 8. The molecule has 0 radical (unpaired) electrons. The van der Waals surface area contributed by atoms with E-state index in [-0.39, 0.29) is 12.1 Å². The first-order valence-corrected chi connectivity index (χ1v) is 10.9. The normalized spacial score (nSPS) is 10.5. The first kappa shape index (κ1) is 22.0. The van der Waals surface area contributed by atoms with Crippen molar-refractivity contribution in [3.05, 3.63) is 89.3 Å². The second-order valence-corrected chi connectivity index (χ2v) is 7.89. The molecular formula is C23H20N4O5S. The van der Waals surface area contributed by atoms with Gasteiger partial charge in [-0.1, -0.05) is 36.4 Å². The van der Waals surface area contributed by atoms with E-state index in [0.29, 0.717) is 18.0 Å². The molecule has 168 valence electrons. The minimum absolute atomic E-state index is 0.122. The van der Waals surface area contributed by atoms with Crippen molar-refractivity contribution < 1.29 is 23.5 Å². The number of hydrogen-bond donors (Lipinski definition) is 2. The molecule has 1 aromatic carbocycles. The van der Waals surface area contributed by atoms with Crippen molar-refractivity contribution in [1.82, 2.24) is 20.4 Å². The lowest BCUT2D eigenvalue weighted by Crippen LogP contribution is -2.41. The molecule has 4 rings (SSSR count). The summed E-state index contributed by atoms with van der Waals surface area (Å²) in [4.78, 5) is 37.4. The first-order valence-electron chi connectivity index (χ1n) is 10.0. The second kappa shape index (κ2) is 10.4. The standard InChI is InChI=1S/C23H20N4O5S/c28-20(25-23(30)24-12-17-8-4-10-31-17)15-32-22(29)18-14-27(13-16-6-2-1-3-7-16)26-21(18)19-9-5-11-33-19/h1-11,14H,12-13,15H2,(H2,24,25,28,30). The Kier molecular flexibility index (Phi) is 6.96. The zero-order valence-electron chi connectivity index (χ0n) is 17.4. The Morgan fingerprint density at radius 3 is 2.64 bits per heavy atom. The summed E-state index contributed by atoms with van der Waals surface area (Å²) < 4.78 is 11.9. The number of nitrogens with zero attached hydrogens (tertiary/aromatic N) is 2. The maximum absolute atomic E-state index is 12.7. The summed E-state index contributed by atoms with van der Waals surface area (Å²) >= 11 is 1.44. The van der Waals surface area contributed by atoms with Crippen LogP contribution in [0.5, 0.6) is 0 Å². The number of benzene rings is 1. The average molecular weight is 465 g/mol. The number of esters is 1. The second-order valence-electron chi connectivity index (χ2n) is 6.94. The Morgan fingerprint density at radius 2 is 1.91 bits per heavy atom. The van der Waals surface area contributed by atoms with Gasteiger partial charge in [0.25, 0.3) is 5.91 Å². The molecule has 33 heavy (non-hydrogen) atoms. The minimum atomic E-state index is -0.755. The molecular weight excluding hydrogens is 444 g/mol. The van der Waals surface area contributed by atoms with Crippen molar-refractivity contribution in [3.63, 3.8) is 0 Å². The van der Waals surface area contributed by atoms with Gasteiger partial charge in [0.1, 0.15) is 17.0 Å². The molecule has 4 aromatic rings. The van der Waals surface area contributed by atoms with Crippen LogP contribution in [0.3, 0.4) is 0 Å². The number of carbonyl (C=O) groups excluding carboxylic acids is 3. The van der Waals surface area contributed by atoms with Crippen LogP contribution in [0.4, 0.5) is 4.79 Å². The number of ether oxygens (including phenoxy) is 1. The lowest BCUT2D eigenvalue weighted by Gasteiger charge is -2.06. The smallest absolute Gasteiger partial charge is 0.342 e. The number of thiophene rings is 1. The molecule has 10 heteroatoms. The van der Waals surface area contributed by atoms with Gasteiger partial charge in [-0.3, -0.25) is 14.8 Å². The number of urea groups is 1. The van der Waals surface area contributed by atoms with Crippen LogP contribution >= 0.6 is 11.3 Å². The molecule has 0 aliphatic carbocycles. The number of aromatic nitrogens is 2. The summed E-state index contributed by atoms with van der Waals surface area (Å²) in [5.41, 5.74) is 1.74. The van der Waals surface area contributed by atoms with Gasteiger partial charge in [0, 0.05) is 6.20 Å². The van der Waals surface area contributed by atoms with Crippen molar-refractivity contribution in [3.8, 4) is 10.6 Å². The molecule has 0 bridgehead atoms. The largest absolute Gasteiger partial charge is 0.467 e. The molecule has 3 aromatic heterocycles. The molecule has 2 N–H and O–H groups in total. The summed E-state index contributed by atoms with van der Waals surface area (Å²) in [6.45, 7) is -0.0136. The molecule has 0 fully saturated rings. The van der Waals surface area contributed by atoms with E-state index in [2.05, 4.69) is 15.7 Å². The lowest BCUT2D eigenvalue weighted by molar-refractivity contribution is -0.123. The van der Waals surface area contributed by atoms with Gasteiger partial charge in [-0.05, 0) is 29.1 Å². The molecule has 0 unspecified atom stereocenters. The topological polar surface area (TPSA) is 115 Å². The van der Waals surface area contributed by atoms with Crippen LogP contribution in [0.1, 0.15) is 21.7 Å². The van der Waals surface area contributed by atoms with E-state index in [1.165, 1.54) is 17.6 Å². The highest BCUT2D eigenvalue weighted by molar-refractivity contribution is 7.13. The Labute approximate surface area is 193 Å². The van der Waals surface area contributed by atoms with Crippen LogP contribution in [0.15, 0.2) is 76.9 Å². The van der Waals surface area contributed by atoms with Gasteiger partial charge < -0.3 is 14.5 Å². The van der Waals surface area contributed by atoms with Crippen molar-refractivity contribution in [2.24, 2.45) is 0 Å². The van der Waals surface area contributed by atoms with Crippen LogP contribution in [-0.2, 0) is 22.6 Å². The van der Waals surface area contributed by atoms with Crippen LogP contribution in [0, 0.1) is 0 Å². The van der Waals surface area contributed by atoms with Crippen molar-refractivity contribution in [2.45, 2.75) is 13.1 Å². The molecule has 0 aliphatic rings. The van der Waals surface area contributed by atoms with Gasteiger partial charge in [-0.25, -0.2) is 9.59 Å². The minimum Gasteiger partial charge on any atom is -0.467 e. The Hall–Kier alpha value is -4.18. The zero-order valence-corrected chi connectivity index (χ0v) is 18.2. The van der Waals surface area contributed by atoms with Crippen molar-refractivity contribution in [2.75, 3.05) is 6.61 Å². The van der Waals surface area contributed by atoms with E-state index in [1.54, 1.807) is 23.0 Å². The highest BCUT2D eigenvalue weighted by Gasteiger charge is 2.21. The fourth-order valence-electron chi connectivity index (χ4n) is 3.01. The molecule has 0 aliphatic heterocycles. The molecule has 0 spiro atoms. The summed E-state index contributed by atoms with van der Waals surface area (Å²) in [7, 11) is 0. The molecule has 0 atom stereocenters. The molecule has 3 heterocycles. The highest BCUT2D eigenvalue weighted by Crippen LogP contribution is 2.27. The Bertz CT molecular complexity index is 1220. The number of nitrogens with one attached hydrogen (secondary N) is 2. The van der Waals surface area contributed by atoms with Gasteiger partial charge in [0.05, 0.1) is 24.2 Å². The van der Waals surface area contributed by atoms with E-state index in [1.807, 2.05) is 47.8 Å². The first-order chi connectivity index (χ1) is 16.1. The van der Waals surface area contributed by atoms with Gasteiger partial charge in [0.15, 0.2) is 6.61 Å². The fourth-order valence-corrected chi connectivity index (χ4v) is 3.74. The third-order valence-corrected chi connectivity index (χ3v) is 5.39. The third-order valence-electron chi connectivity index (χ3n) is 4.51. The van der Waals surface area contributed by atoms with Crippen LogP contribution in [0.2, 0.25) is 0 Å². The molecule has 9 nitrogen and oxygen atoms in total. The number of furan rings is 1. The van der Waals surface area contributed by atoms with E-state index in [4.69, 9.17) is 9.15 Å². The Morgan fingerprint density at radius 1 is 1.06 bits per heavy atom. The SMILES string of the molecule is O=C(COC(=O)c1cn(Cc2ccccc2)nc1-c1cccs1)NC(=O)NCc1ccco1. The molecule has 3 amide bonds. The number of imide groups is 1. The number of amides is 3. The van der Waals surface area contributed by atoms with E-state index in [9.17, 15) is 14.4 Å². The zero-order chi connectivity index (χ0) is 23.0. The van der Waals surface area contributed by atoms with Gasteiger partial charge in [0.2, 0.25) is 0 Å². The van der Waals surface area contributed by atoms with Crippen molar-refractivity contribution >= 4 is 29.2 Å². The van der Waals surface area contributed by atoms with Gasteiger partial charge in [-0.15, -0.1) is 11.3 Å². The lowest BCUT2D eigenvalue weighted by atomic mass is 10.2. The summed E-state index contributed by atoms with van der Waals surface area (Å²) in [6.07, 6.45) is 3.07. The van der Waals surface area contributed by atoms with E-state index < -0.39 is 24.5 Å². The maximum atomic E-state index is 12.7. The number of carbonyl (C=O) groups is 3. The predicted molar refractivity (Wildman–Crippen MR) is 120 cm³/mol. The van der Waals surface area contributed by atoms with Crippen LogP contribution in [-0.4, -0.2) is 34.3 Å². The average Bonchev–Trinajstić information content (AvgIpc) is 3.58. The van der Waals surface area contributed by atoms with Crippen LogP contribution in [0.25, 0.3) is 10.6 Å². The van der Waals surface area contributed by atoms with Crippen molar-refractivity contribution in [1.29, 1.82) is 0 Å². The fraction of sp³-hybridized carbons (Fsp3) is 0.130. The van der Waals surface area contributed by atoms with Gasteiger partial charge in [-0.2, -0.15) is 5.10 Å². The third kappa shape index (κ3) is 5.95. The summed E-state index contributed by atoms with van der Waals surface area (Å²) in [6, 6.07) is 16.1. The van der Waals surface area contributed by atoms with Gasteiger partial charge >= 0.3 is 12.0 Å². The maximum Gasteiger partial charge on any atom is 0.342 e. The molecule has 0 saturated heterocycles. The van der Waals surface area contributed by atoms with Crippen LogP contribution < -0.4 is 10.6 Å². The molecule has 0 saturated carbocycles. The highest BCUT2D eigenvalue weighted by atomic mass is 32.1. The summed E-state index contributed by atoms with van der Waals surface area (Å²) in [5, 5.41) is 11.0.